The van der Waals surface area contributed by atoms with Gasteiger partial charge in [-0.25, -0.2) is 9.18 Å². The van der Waals surface area contributed by atoms with Crippen LogP contribution in [0.3, 0.4) is 0 Å². The summed E-state index contributed by atoms with van der Waals surface area (Å²) in [7, 11) is 0. The maximum Gasteiger partial charge on any atom is 0.339 e. The second-order valence-electron chi connectivity index (χ2n) is 4.11. The number of rotatable bonds is 4. The Labute approximate surface area is 115 Å². The third-order valence-electron chi connectivity index (χ3n) is 2.58. The van der Waals surface area contributed by atoms with E-state index < -0.39 is 5.97 Å². The van der Waals surface area contributed by atoms with Crippen molar-refractivity contribution in [1.29, 1.82) is 0 Å². The number of hydrogen-bond donors (Lipinski definition) is 1. The molecule has 5 heteroatoms. The molecule has 0 saturated carbocycles. The van der Waals surface area contributed by atoms with Gasteiger partial charge in [-0.1, -0.05) is 35.5 Å². The molecule has 0 atom stereocenters. The third-order valence-corrected chi connectivity index (χ3v) is 2.58. The van der Waals surface area contributed by atoms with Crippen LogP contribution in [0.4, 0.5) is 4.39 Å². The molecule has 0 heterocycles. The molecule has 0 spiro atoms. The number of nitrogens with two attached hydrogens (primary N) is 1. The van der Waals surface area contributed by atoms with E-state index in [9.17, 15) is 9.18 Å². The number of halogens is 1. The Balaban J connectivity index is 1.95. The van der Waals surface area contributed by atoms with Crippen LogP contribution in [-0.4, -0.2) is 11.8 Å². The molecule has 2 rings (SSSR count). The predicted molar refractivity (Wildman–Crippen MR) is 73.4 cm³/mol. The fourth-order valence-electron chi connectivity index (χ4n) is 1.57. The summed E-state index contributed by atoms with van der Waals surface area (Å²) in [4.78, 5) is 16.3. The van der Waals surface area contributed by atoms with Crippen molar-refractivity contribution >= 4 is 11.8 Å². The fraction of sp³-hybridized carbons (Fsp3) is 0.0667. The Bertz CT molecular complexity index is 610. The first kappa shape index (κ1) is 13.7. The number of hydrogen-bond acceptors (Lipinski definition) is 3. The van der Waals surface area contributed by atoms with Crippen LogP contribution in [0.2, 0.25) is 0 Å². The van der Waals surface area contributed by atoms with Gasteiger partial charge in [-0.2, -0.15) is 0 Å². The smallest absolute Gasteiger partial charge is 0.339 e. The molecule has 0 radical (unpaired) electrons. The highest BCUT2D eigenvalue weighted by Gasteiger charge is 2.05. The highest BCUT2D eigenvalue weighted by Crippen LogP contribution is 2.04. The van der Waals surface area contributed by atoms with Crippen molar-refractivity contribution in [3.05, 3.63) is 71.5 Å². The minimum Gasteiger partial charge on any atom is -0.380 e. The van der Waals surface area contributed by atoms with Gasteiger partial charge < -0.3 is 10.6 Å². The van der Waals surface area contributed by atoms with Gasteiger partial charge in [0.2, 0.25) is 0 Å². The SMILES string of the molecule is N/C(=N/OC(=O)Cc1ccccc1)c1ccc(F)cc1. The predicted octanol–water partition coefficient (Wildman–Crippen LogP) is 2.23. The molecule has 2 aromatic carbocycles. The molecule has 0 amide bonds. The van der Waals surface area contributed by atoms with Gasteiger partial charge in [0.15, 0.2) is 5.84 Å². The van der Waals surface area contributed by atoms with Gasteiger partial charge in [0.1, 0.15) is 5.82 Å². The lowest BCUT2D eigenvalue weighted by Crippen LogP contribution is -2.15. The third kappa shape index (κ3) is 3.91. The Morgan fingerprint density at radius 1 is 1.10 bits per heavy atom. The molecular formula is C15H13FN2O2. The largest absolute Gasteiger partial charge is 0.380 e. The number of nitrogens with zero attached hydrogens (tertiary/aromatic N) is 1. The van der Waals surface area contributed by atoms with Crippen LogP contribution in [0.5, 0.6) is 0 Å². The van der Waals surface area contributed by atoms with Crippen LogP contribution >= 0.6 is 0 Å². The van der Waals surface area contributed by atoms with E-state index in [4.69, 9.17) is 10.6 Å². The molecule has 0 aliphatic carbocycles. The number of benzene rings is 2. The second kappa shape index (κ2) is 6.47. The molecule has 0 aliphatic heterocycles. The summed E-state index contributed by atoms with van der Waals surface area (Å²) in [6, 6.07) is 14.6. The lowest BCUT2D eigenvalue weighted by atomic mass is 10.2. The highest BCUT2D eigenvalue weighted by atomic mass is 19.1. The van der Waals surface area contributed by atoms with Crippen LogP contribution in [0.25, 0.3) is 0 Å². The van der Waals surface area contributed by atoms with E-state index in [0.29, 0.717) is 5.56 Å². The maximum absolute atomic E-state index is 12.7. The zero-order valence-corrected chi connectivity index (χ0v) is 10.6. The van der Waals surface area contributed by atoms with Gasteiger partial charge in [-0.05, 0) is 29.8 Å². The summed E-state index contributed by atoms with van der Waals surface area (Å²) in [5.74, 6) is -0.865. The molecule has 2 N–H and O–H groups in total. The first-order chi connectivity index (χ1) is 9.65. The number of oxime groups is 1. The lowest BCUT2D eigenvalue weighted by molar-refractivity contribution is -0.142. The zero-order valence-electron chi connectivity index (χ0n) is 10.6. The standard InChI is InChI=1S/C15H13FN2O2/c16-13-8-6-12(7-9-13)15(17)18-20-14(19)10-11-4-2-1-3-5-11/h1-9H,10H2,(H2,17,18). The van der Waals surface area contributed by atoms with E-state index in [1.54, 1.807) is 0 Å². The summed E-state index contributed by atoms with van der Waals surface area (Å²) >= 11 is 0. The van der Waals surface area contributed by atoms with E-state index in [2.05, 4.69) is 5.16 Å². The van der Waals surface area contributed by atoms with Crippen molar-refractivity contribution in [2.24, 2.45) is 10.9 Å². The maximum atomic E-state index is 12.7. The average Bonchev–Trinajstić information content (AvgIpc) is 2.46. The first-order valence-corrected chi connectivity index (χ1v) is 5.98. The molecule has 0 aliphatic rings. The highest BCUT2D eigenvalue weighted by molar-refractivity contribution is 5.97. The van der Waals surface area contributed by atoms with Crippen molar-refractivity contribution in [1.82, 2.24) is 0 Å². The van der Waals surface area contributed by atoms with Crippen LogP contribution in [0.1, 0.15) is 11.1 Å². The Morgan fingerprint density at radius 2 is 1.75 bits per heavy atom. The molecule has 0 unspecified atom stereocenters. The van der Waals surface area contributed by atoms with Gasteiger partial charge in [-0.3, -0.25) is 0 Å². The molecule has 0 aromatic heterocycles. The van der Waals surface area contributed by atoms with Crippen LogP contribution in [0.15, 0.2) is 59.8 Å². The van der Waals surface area contributed by atoms with E-state index in [0.717, 1.165) is 5.56 Å². The van der Waals surface area contributed by atoms with Crippen molar-refractivity contribution in [3.8, 4) is 0 Å². The molecule has 102 valence electrons. The Kier molecular flexibility index (Phi) is 4.44. The summed E-state index contributed by atoms with van der Waals surface area (Å²) in [5.41, 5.74) is 6.95. The minimum atomic E-state index is -0.513. The fourth-order valence-corrected chi connectivity index (χ4v) is 1.57. The molecule has 20 heavy (non-hydrogen) atoms. The second-order valence-corrected chi connectivity index (χ2v) is 4.11. The van der Waals surface area contributed by atoms with Gasteiger partial charge in [-0.15, -0.1) is 0 Å². The molecule has 0 bridgehead atoms. The molecule has 2 aromatic rings. The summed E-state index contributed by atoms with van der Waals surface area (Å²) in [5, 5.41) is 3.54. The van der Waals surface area contributed by atoms with Gasteiger partial charge >= 0.3 is 5.97 Å². The van der Waals surface area contributed by atoms with Gasteiger partial charge in [0.05, 0.1) is 6.42 Å². The van der Waals surface area contributed by atoms with Gasteiger partial charge in [0, 0.05) is 5.56 Å². The summed E-state index contributed by atoms with van der Waals surface area (Å²) in [6.07, 6.45) is 0.112. The number of carbonyl (C=O) groups excluding carboxylic acids is 1. The van der Waals surface area contributed by atoms with E-state index in [1.807, 2.05) is 30.3 Å². The average molecular weight is 272 g/mol. The quantitative estimate of drug-likeness (QED) is 0.402. The van der Waals surface area contributed by atoms with Crippen molar-refractivity contribution < 1.29 is 14.0 Å². The van der Waals surface area contributed by atoms with Crippen LogP contribution in [-0.2, 0) is 16.1 Å². The number of carbonyl (C=O) groups is 1. The van der Waals surface area contributed by atoms with Gasteiger partial charge in [0.25, 0.3) is 0 Å². The topological polar surface area (TPSA) is 64.7 Å². The summed E-state index contributed by atoms with van der Waals surface area (Å²) in [6.45, 7) is 0. The van der Waals surface area contributed by atoms with Crippen molar-refractivity contribution in [2.75, 3.05) is 0 Å². The van der Waals surface area contributed by atoms with E-state index in [1.165, 1.54) is 24.3 Å². The minimum absolute atomic E-state index is 0.0198. The molecule has 4 nitrogen and oxygen atoms in total. The molecular weight excluding hydrogens is 259 g/mol. The van der Waals surface area contributed by atoms with Crippen LogP contribution < -0.4 is 5.73 Å². The van der Waals surface area contributed by atoms with Crippen LogP contribution in [0, 0.1) is 5.82 Å². The zero-order chi connectivity index (χ0) is 14.4. The van der Waals surface area contributed by atoms with E-state index in [-0.39, 0.29) is 18.1 Å². The Hall–Kier alpha value is -2.69. The Morgan fingerprint density at radius 3 is 2.40 bits per heavy atom. The molecule has 0 saturated heterocycles. The monoisotopic (exact) mass is 272 g/mol. The van der Waals surface area contributed by atoms with Crippen molar-refractivity contribution in [3.63, 3.8) is 0 Å². The first-order valence-electron chi connectivity index (χ1n) is 5.98. The lowest BCUT2D eigenvalue weighted by Gasteiger charge is -2.01. The molecule has 0 fully saturated rings. The van der Waals surface area contributed by atoms with E-state index >= 15 is 0 Å². The normalized spacial score (nSPS) is 11.2. The van der Waals surface area contributed by atoms with Crippen molar-refractivity contribution in [2.45, 2.75) is 6.42 Å². The number of amidine groups is 1. The summed E-state index contributed by atoms with van der Waals surface area (Å²) < 4.78 is 12.7.